The quantitative estimate of drug-likeness (QED) is 0.940. The minimum Gasteiger partial charge on any atom is -0.364 e. The lowest BCUT2D eigenvalue weighted by Gasteiger charge is -2.05. The van der Waals surface area contributed by atoms with Crippen LogP contribution in [0.25, 0.3) is 0 Å². The van der Waals surface area contributed by atoms with E-state index in [1.165, 1.54) is 0 Å². The van der Waals surface area contributed by atoms with Gasteiger partial charge in [-0.2, -0.15) is 0 Å². The van der Waals surface area contributed by atoms with Gasteiger partial charge in [-0.15, -0.1) is 11.3 Å². The molecule has 2 aromatic heterocycles. The van der Waals surface area contributed by atoms with E-state index in [4.69, 9.17) is 0 Å². The topological polar surface area (TPSA) is 37.8 Å². The molecule has 0 spiro atoms. The zero-order chi connectivity index (χ0) is 10.7. The Morgan fingerprint density at radius 1 is 1.47 bits per heavy atom. The Balaban J connectivity index is 2.02. The molecular weight excluding hydrogens is 274 g/mol. The van der Waals surface area contributed by atoms with Gasteiger partial charge in [-0.3, -0.25) is 0 Å². The summed E-state index contributed by atoms with van der Waals surface area (Å²) < 4.78 is 1.03. The summed E-state index contributed by atoms with van der Waals surface area (Å²) in [5.41, 5.74) is 0.985. The van der Waals surface area contributed by atoms with Gasteiger partial charge in [-0.05, 0) is 35.0 Å². The molecule has 78 valence electrons. The minimum atomic E-state index is 0.728. The van der Waals surface area contributed by atoms with Gasteiger partial charge in [-0.25, -0.2) is 9.97 Å². The van der Waals surface area contributed by atoms with Crippen molar-refractivity contribution in [1.29, 1.82) is 0 Å². The van der Waals surface area contributed by atoms with Gasteiger partial charge in [0.2, 0.25) is 0 Å². The Kier molecular flexibility index (Phi) is 3.33. The maximum atomic E-state index is 4.39. The number of hydrogen-bond donors (Lipinski definition) is 1. The van der Waals surface area contributed by atoms with Crippen molar-refractivity contribution >= 4 is 33.1 Å². The van der Waals surface area contributed by atoms with Crippen molar-refractivity contribution in [3.05, 3.63) is 38.9 Å². The van der Waals surface area contributed by atoms with Crippen molar-refractivity contribution < 1.29 is 0 Å². The van der Waals surface area contributed by atoms with Gasteiger partial charge in [0.25, 0.3) is 0 Å². The molecule has 0 atom stereocenters. The van der Waals surface area contributed by atoms with Crippen molar-refractivity contribution in [2.75, 3.05) is 5.32 Å². The van der Waals surface area contributed by atoms with E-state index in [1.807, 2.05) is 30.6 Å². The Labute approximate surface area is 101 Å². The lowest BCUT2D eigenvalue weighted by Crippen LogP contribution is -2.01. The summed E-state index contributed by atoms with van der Waals surface area (Å²) in [5, 5.41) is 6.27. The van der Waals surface area contributed by atoms with Crippen LogP contribution < -0.4 is 5.32 Å². The number of aromatic nitrogens is 2. The van der Waals surface area contributed by atoms with E-state index in [1.54, 1.807) is 11.3 Å². The molecule has 2 heterocycles. The first kappa shape index (κ1) is 10.6. The molecule has 0 saturated carbocycles. The first-order valence-corrected chi connectivity index (χ1v) is 6.18. The molecule has 0 unspecified atom stereocenters. The van der Waals surface area contributed by atoms with Gasteiger partial charge in [-0.1, -0.05) is 0 Å². The summed E-state index contributed by atoms with van der Waals surface area (Å²) in [6.45, 7) is 2.70. The highest BCUT2D eigenvalue weighted by Crippen LogP contribution is 2.16. The Hall–Kier alpha value is -0.940. The fourth-order valence-corrected chi connectivity index (χ4v) is 1.93. The number of rotatable bonds is 3. The predicted octanol–water partition coefficient (Wildman–Crippen LogP) is 3.22. The maximum Gasteiger partial charge on any atom is 0.126 e. The lowest BCUT2D eigenvalue weighted by molar-refractivity contribution is 1.06. The third kappa shape index (κ3) is 2.76. The third-order valence-electron chi connectivity index (χ3n) is 1.93. The molecule has 0 fully saturated rings. The number of aryl methyl sites for hydroxylation is 1. The van der Waals surface area contributed by atoms with E-state index in [-0.39, 0.29) is 0 Å². The molecule has 15 heavy (non-hydrogen) atoms. The van der Waals surface area contributed by atoms with Crippen LogP contribution in [-0.2, 0) is 6.54 Å². The Bertz CT molecular complexity index is 442. The number of halogens is 1. The van der Waals surface area contributed by atoms with Crippen LogP contribution in [0.4, 0.5) is 5.82 Å². The summed E-state index contributed by atoms with van der Waals surface area (Å²) in [7, 11) is 0. The van der Waals surface area contributed by atoms with Crippen LogP contribution >= 0.6 is 27.3 Å². The maximum absolute atomic E-state index is 4.39. The fourth-order valence-electron chi connectivity index (χ4n) is 1.15. The van der Waals surface area contributed by atoms with Gasteiger partial charge in [0.1, 0.15) is 10.8 Å². The fraction of sp³-hybridized carbons (Fsp3) is 0.200. The second kappa shape index (κ2) is 4.72. The Morgan fingerprint density at radius 2 is 2.33 bits per heavy atom. The summed E-state index contributed by atoms with van der Waals surface area (Å²) in [4.78, 5) is 8.58. The van der Waals surface area contributed by atoms with Gasteiger partial charge in [0.15, 0.2) is 0 Å². The molecule has 0 aliphatic carbocycles. The number of nitrogens with one attached hydrogen (secondary N) is 1. The van der Waals surface area contributed by atoms with Crippen molar-refractivity contribution in [2.45, 2.75) is 13.5 Å². The average molecular weight is 284 g/mol. The summed E-state index contributed by atoms with van der Waals surface area (Å²) in [6.07, 6.45) is 1.81. The highest BCUT2D eigenvalue weighted by Gasteiger charge is 1.99. The number of nitrogens with zero attached hydrogens (tertiary/aromatic N) is 2. The number of anilines is 1. The standard InChI is InChI=1S/C10H10BrN3S/c1-7-8(11)2-3-9(14-7)13-6-10-12-4-5-15-10/h2-5H,6H2,1H3,(H,13,14). The third-order valence-corrected chi connectivity index (χ3v) is 3.54. The lowest BCUT2D eigenvalue weighted by atomic mass is 10.4. The minimum absolute atomic E-state index is 0.728. The molecule has 0 amide bonds. The van der Waals surface area contributed by atoms with Gasteiger partial charge in [0, 0.05) is 16.0 Å². The molecule has 0 radical (unpaired) electrons. The van der Waals surface area contributed by atoms with Crippen LogP contribution in [0.3, 0.4) is 0 Å². The van der Waals surface area contributed by atoms with Crippen LogP contribution in [-0.4, -0.2) is 9.97 Å². The van der Waals surface area contributed by atoms with E-state index in [0.717, 1.165) is 27.5 Å². The predicted molar refractivity (Wildman–Crippen MR) is 66.1 cm³/mol. The normalized spacial score (nSPS) is 10.3. The summed E-state index contributed by atoms with van der Waals surface area (Å²) in [6, 6.07) is 3.94. The van der Waals surface area contributed by atoms with Crippen molar-refractivity contribution in [3.63, 3.8) is 0 Å². The van der Waals surface area contributed by atoms with Gasteiger partial charge in [0.05, 0.1) is 12.2 Å². The second-order valence-electron chi connectivity index (χ2n) is 3.04. The monoisotopic (exact) mass is 283 g/mol. The molecule has 1 N–H and O–H groups in total. The largest absolute Gasteiger partial charge is 0.364 e. The molecule has 3 nitrogen and oxygen atoms in total. The number of thiazole rings is 1. The van der Waals surface area contributed by atoms with Crippen molar-refractivity contribution in [1.82, 2.24) is 9.97 Å². The van der Waals surface area contributed by atoms with Crippen LogP contribution in [0.1, 0.15) is 10.7 Å². The summed E-state index contributed by atoms with van der Waals surface area (Å²) >= 11 is 5.06. The highest BCUT2D eigenvalue weighted by molar-refractivity contribution is 9.10. The molecule has 0 bridgehead atoms. The first-order valence-electron chi connectivity index (χ1n) is 4.51. The van der Waals surface area contributed by atoms with E-state index in [0.29, 0.717) is 0 Å². The van der Waals surface area contributed by atoms with E-state index >= 15 is 0 Å². The average Bonchev–Trinajstić information content (AvgIpc) is 2.73. The Morgan fingerprint density at radius 3 is 3.00 bits per heavy atom. The van der Waals surface area contributed by atoms with Crippen molar-refractivity contribution in [3.8, 4) is 0 Å². The zero-order valence-corrected chi connectivity index (χ0v) is 10.6. The second-order valence-corrected chi connectivity index (χ2v) is 4.88. The first-order chi connectivity index (χ1) is 7.25. The zero-order valence-electron chi connectivity index (χ0n) is 8.20. The number of hydrogen-bond acceptors (Lipinski definition) is 4. The molecule has 5 heteroatoms. The van der Waals surface area contributed by atoms with Crippen LogP contribution in [0, 0.1) is 6.92 Å². The molecule has 0 aliphatic rings. The SMILES string of the molecule is Cc1nc(NCc2nccs2)ccc1Br. The molecule has 0 aliphatic heterocycles. The molecule has 0 aromatic carbocycles. The van der Waals surface area contributed by atoms with E-state index < -0.39 is 0 Å². The van der Waals surface area contributed by atoms with Crippen LogP contribution in [0.5, 0.6) is 0 Å². The molecule has 2 aromatic rings. The van der Waals surface area contributed by atoms with E-state index in [2.05, 4.69) is 31.2 Å². The van der Waals surface area contributed by atoms with Crippen LogP contribution in [0.2, 0.25) is 0 Å². The van der Waals surface area contributed by atoms with Gasteiger partial charge >= 0.3 is 0 Å². The van der Waals surface area contributed by atoms with Gasteiger partial charge < -0.3 is 5.32 Å². The van der Waals surface area contributed by atoms with Crippen LogP contribution in [0.15, 0.2) is 28.2 Å². The number of pyridine rings is 1. The smallest absolute Gasteiger partial charge is 0.126 e. The molecule has 2 rings (SSSR count). The summed E-state index contributed by atoms with van der Waals surface area (Å²) in [5.74, 6) is 0.880. The highest BCUT2D eigenvalue weighted by atomic mass is 79.9. The molecular formula is C10H10BrN3S. The van der Waals surface area contributed by atoms with E-state index in [9.17, 15) is 0 Å². The van der Waals surface area contributed by atoms with Crippen molar-refractivity contribution in [2.24, 2.45) is 0 Å². The molecule has 0 saturated heterocycles.